The Balaban J connectivity index is 1.52. The SMILES string of the molecule is Cc1c(-c2cccc(OCCO)c2)cccc1-c1nc2cc3c(c(C#N)c2o1)CCC3NCCC(=O)O. The summed E-state index contributed by atoms with van der Waals surface area (Å²) < 4.78 is 11.8. The Morgan fingerprint density at radius 3 is 2.84 bits per heavy atom. The van der Waals surface area contributed by atoms with Crippen molar-refractivity contribution in [3.8, 4) is 34.4 Å². The molecule has 0 saturated heterocycles. The molecular weight excluding hydrogens is 470 g/mol. The Morgan fingerprint density at radius 2 is 2.05 bits per heavy atom. The fraction of sp³-hybridized carbons (Fsp3) is 0.276. The van der Waals surface area contributed by atoms with Gasteiger partial charge in [0.25, 0.3) is 0 Å². The number of fused-ring (bicyclic) bond motifs is 2. The number of nitrogens with zero attached hydrogens (tertiary/aromatic N) is 2. The number of hydrogen-bond donors (Lipinski definition) is 3. The summed E-state index contributed by atoms with van der Waals surface area (Å²) in [5.74, 6) is 0.276. The highest BCUT2D eigenvalue weighted by molar-refractivity contribution is 5.86. The summed E-state index contributed by atoms with van der Waals surface area (Å²) in [6.45, 7) is 2.55. The number of oxazole rings is 1. The molecule has 5 rings (SSSR count). The third kappa shape index (κ3) is 4.79. The molecule has 3 N–H and O–H groups in total. The molecule has 4 aromatic rings. The average Bonchev–Trinajstić information content (AvgIpc) is 3.50. The van der Waals surface area contributed by atoms with Gasteiger partial charge in [0, 0.05) is 18.2 Å². The molecule has 1 atom stereocenters. The zero-order chi connectivity index (χ0) is 25.9. The fourth-order valence-electron chi connectivity index (χ4n) is 5.04. The highest BCUT2D eigenvalue weighted by Crippen LogP contribution is 2.40. The first-order chi connectivity index (χ1) is 18.0. The van der Waals surface area contributed by atoms with Gasteiger partial charge in [-0.2, -0.15) is 5.26 Å². The van der Waals surface area contributed by atoms with E-state index in [1.165, 1.54) is 0 Å². The van der Waals surface area contributed by atoms with E-state index in [1.807, 2.05) is 55.5 Å². The fourth-order valence-corrected chi connectivity index (χ4v) is 5.04. The Morgan fingerprint density at radius 1 is 1.24 bits per heavy atom. The molecule has 3 aromatic carbocycles. The van der Waals surface area contributed by atoms with E-state index in [9.17, 15) is 10.1 Å². The quantitative estimate of drug-likeness (QED) is 0.302. The summed E-state index contributed by atoms with van der Waals surface area (Å²) in [6.07, 6.45) is 1.56. The maximum atomic E-state index is 10.9. The number of carboxylic acid groups (broad SMARTS) is 1. The van der Waals surface area contributed by atoms with Crippen molar-refractivity contribution in [2.45, 2.75) is 32.2 Å². The van der Waals surface area contributed by atoms with Gasteiger partial charge in [-0.3, -0.25) is 4.79 Å². The van der Waals surface area contributed by atoms with Gasteiger partial charge in [-0.1, -0.05) is 24.3 Å². The number of hydrogen-bond acceptors (Lipinski definition) is 7. The number of nitriles is 1. The van der Waals surface area contributed by atoms with Gasteiger partial charge in [-0.15, -0.1) is 0 Å². The van der Waals surface area contributed by atoms with Crippen molar-refractivity contribution in [2.75, 3.05) is 19.8 Å². The summed E-state index contributed by atoms with van der Waals surface area (Å²) in [5.41, 5.74) is 7.29. The van der Waals surface area contributed by atoms with Crippen LogP contribution >= 0.6 is 0 Å². The summed E-state index contributed by atoms with van der Waals surface area (Å²) in [5, 5.41) is 31.3. The van der Waals surface area contributed by atoms with E-state index in [2.05, 4.69) is 11.4 Å². The minimum Gasteiger partial charge on any atom is -0.491 e. The van der Waals surface area contributed by atoms with Crippen molar-refractivity contribution in [1.29, 1.82) is 5.26 Å². The maximum Gasteiger partial charge on any atom is 0.304 e. The second kappa shape index (κ2) is 10.4. The number of ether oxygens (including phenoxy) is 1. The molecule has 37 heavy (non-hydrogen) atoms. The third-order valence-corrected chi connectivity index (χ3v) is 6.79. The Hall–Kier alpha value is -4.19. The lowest BCUT2D eigenvalue weighted by atomic mass is 9.96. The number of aromatic nitrogens is 1. The predicted octanol–water partition coefficient (Wildman–Crippen LogP) is 4.76. The average molecular weight is 498 g/mol. The zero-order valence-corrected chi connectivity index (χ0v) is 20.5. The molecule has 1 aliphatic rings. The molecule has 0 radical (unpaired) electrons. The number of aliphatic carboxylic acids is 1. The van der Waals surface area contributed by atoms with E-state index in [4.69, 9.17) is 24.4 Å². The molecule has 1 aromatic heterocycles. The topological polar surface area (TPSA) is 129 Å². The van der Waals surface area contributed by atoms with E-state index in [-0.39, 0.29) is 25.7 Å². The monoisotopic (exact) mass is 497 g/mol. The largest absolute Gasteiger partial charge is 0.491 e. The highest BCUT2D eigenvalue weighted by atomic mass is 16.5. The van der Waals surface area contributed by atoms with E-state index < -0.39 is 5.97 Å². The first-order valence-electron chi connectivity index (χ1n) is 12.3. The molecule has 0 saturated carbocycles. The van der Waals surface area contributed by atoms with Crippen LogP contribution in [0.1, 0.15) is 41.1 Å². The Kier molecular flexibility index (Phi) is 6.91. The zero-order valence-electron chi connectivity index (χ0n) is 20.5. The number of nitrogens with one attached hydrogen (secondary N) is 1. The van der Waals surface area contributed by atoms with Gasteiger partial charge in [0.15, 0.2) is 5.58 Å². The third-order valence-electron chi connectivity index (χ3n) is 6.79. The first-order valence-corrected chi connectivity index (χ1v) is 12.3. The van der Waals surface area contributed by atoms with Crippen LogP contribution in [-0.4, -0.2) is 40.9 Å². The molecule has 188 valence electrons. The van der Waals surface area contributed by atoms with Crippen LogP contribution in [0.3, 0.4) is 0 Å². The van der Waals surface area contributed by atoms with Crippen molar-refractivity contribution in [2.24, 2.45) is 0 Å². The molecule has 0 aliphatic heterocycles. The van der Waals surface area contributed by atoms with Crippen LogP contribution in [0.15, 0.2) is 52.9 Å². The number of carboxylic acids is 1. The lowest BCUT2D eigenvalue weighted by Crippen LogP contribution is -2.22. The minimum atomic E-state index is -0.845. The second-order valence-corrected chi connectivity index (χ2v) is 9.07. The summed E-state index contributed by atoms with van der Waals surface area (Å²) in [6, 6.07) is 17.9. The molecule has 8 nitrogen and oxygen atoms in total. The van der Waals surface area contributed by atoms with Crippen LogP contribution in [0.5, 0.6) is 5.75 Å². The molecule has 0 fully saturated rings. The van der Waals surface area contributed by atoms with Gasteiger partial charge in [0.2, 0.25) is 5.89 Å². The number of aliphatic hydroxyl groups is 1. The molecule has 1 unspecified atom stereocenters. The summed E-state index contributed by atoms with van der Waals surface area (Å²) in [4.78, 5) is 15.7. The van der Waals surface area contributed by atoms with Crippen molar-refractivity contribution in [3.05, 3.63) is 70.8 Å². The Bertz CT molecular complexity index is 1520. The molecule has 8 heteroatoms. The van der Waals surface area contributed by atoms with E-state index in [1.54, 1.807) is 0 Å². The second-order valence-electron chi connectivity index (χ2n) is 9.07. The standard InChI is InChI=1S/C29H27N3O5/c1-17-20(18-4-2-5-19(14-18)36-13-12-33)6-3-7-21(17)29-32-26-15-23-22(24(16-30)28(26)37-29)8-9-25(23)31-11-10-27(34)35/h2-7,14-15,25,31,33H,8-13H2,1H3,(H,34,35). The van der Waals surface area contributed by atoms with Crippen LogP contribution < -0.4 is 10.1 Å². The maximum absolute atomic E-state index is 10.9. The smallest absolute Gasteiger partial charge is 0.304 e. The molecule has 0 bridgehead atoms. The molecule has 0 spiro atoms. The lowest BCUT2D eigenvalue weighted by molar-refractivity contribution is -0.136. The van der Waals surface area contributed by atoms with E-state index >= 15 is 0 Å². The van der Waals surface area contributed by atoms with Gasteiger partial charge < -0.3 is 24.7 Å². The molecule has 1 aliphatic carbocycles. The van der Waals surface area contributed by atoms with Gasteiger partial charge in [0.05, 0.1) is 13.0 Å². The molecular formula is C29H27N3O5. The first kappa shape index (κ1) is 24.5. The van der Waals surface area contributed by atoms with E-state index in [0.717, 1.165) is 46.2 Å². The van der Waals surface area contributed by atoms with Crippen LogP contribution in [0.25, 0.3) is 33.7 Å². The van der Waals surface area contributed by atoms with Gasteiger partial charge in [0.1, 0.15) is 29.5 Å². The number of benzene rings is 3. The van der Waals surface area contributed by atoms with Gasteiger partial charge in [-0.05, 0) is 71.8 Å². The summed E-state index contributed by atoms with van der Waals surface area (Å²) >= 11 is 0. The van der Waals surface area contributed by atoms with E-state index in [0.29, 0.717) is 34.8 Å². The van der Waals surface area contributed by atoms with Gasteiger partial charge >= 0.3 is 5.97 Å². The number of aliphatic hydroxyl groups excluding tert-OH is 1. The Labute approximate surface area is 214 Å². The van der Waals surface area contributed by atoms with Crippen LogP contribution in [-0.2, 0) is 11.2 Å². The van der Waals surface area contributed by atoms with Gasteiger partial charge in [-0.25, -0.2) is 4.98 Å². The van der Waals surface area contributed by atoms with Crippen molar-refractivity contribution < 1.29 is 24.2 Å². The minimum absolute atomic E-state index is 0.0172. The van der Waals surface area contributed by atoms with Crippen LogP contribution in [0.2, 0.25) is 0 Å². The van der Waals surface area contributed by atoms with Crippen LogP contribution in [0.4, 0.5) is 0 Å². The normalized spacial score (nSPS) is 14.5. The van der Waals surface area contributed by atoms with Crippen molar-refractivity contribution in [3.63, 3.8) is 0 Å². The lowest BCUT2D eigenvalue weighted by Gasteiger charge is -2.13. The molecule has 1 heterocycles. The van der Waals surface area contributed by atoms with Crippen molar-refractivity contribution in [1.82, 2.24) is 10.3 Å². The highest BCUT2D eigenvalue weighted by Gasteiger charge is 2.29. The van der Waals surface area contributed by atoms with Crippen molar-refractivity contribution >= 4 is 17.1 Å². The molecule has 0 amide bonds. The van der Waals surface area contributed by atoms with Crippen LogP contribution in [0, 0.1) is 18.3 Å². The predicted molar refractivity (Wildman–Crippen MR) is 138 cm³/mol. The summed E-state index contributed by atoms with van der Waals surface area (Å²) in [7, 11) is 0. The number of rotatable bonds is 9. The number of carbonyl (C=O) groups is 1.